The summed E-state index contributed by atoms with van der Waals surface area (Å²) in [5.74, 6) is -0.181. The molecule has 2 aromatic carbocycles. The van der Waals surface area contributed by atoms with Crippen molar-refractivity contribution in [1.82, 2.24) is 25.1 Å². The monoisotopic (exact) mass is 553 g/mol. The number of benzene rings is 2. The summed E-state index contributed by atoms with van der Waals surface area (Å²) in [6, 6.07) is 17.6. The molecule has 0 aliphatic rings. The van der Waals surface area contributed by atoms with Gasteiger partial charge in [-0.2, -0.15) is 5.10 Å². The second-order valence-electron chi connectivity index (χ2n) is 10.2. The van der Waals surface area contributed by atoms with E-state index >= 15 is 0 Å². The minimum absolute atomic E-state index is 0.0490. The Kier molecular flexibility index (Phi) is 7.34. The molecule has 0 spiro atoms. The topological polar surface area (TPSA) is 123 Å². The van der Waals surface area contributed by atoms with Crippen molar-refractivity contribution >= 4 is 34.3 Å². The number of nitrogens with zero attached hydrogens (tertiary/aromatic N) is 4. The fourth-order valence-corrected chi connectivity index (χ4v) is 4.09. The Hall–Kier alpha value is -5.32. The molecule has 0 aliphatic heterocycles. The van der Waals surface area contributed by atoms with Crippen LogP contribution in [0.2, 0.25) is 0 Å². The van der Waals surface area contributed by atoms with Crippen LogP contribution in [0.25, 0.3) is 16.6 Å². The summed E-state index contributed by atoms with van der Waals surface area (Å²) in [5.41, 5.74) is 2.11. The van der Waals surface area contributed by atoms with E-state index in [1.54, 1.807) is 23.0 Å². The Morgan fingerprint density at radius 2 is 1.71 bits per heavy atom. The summed E-state index contributed by atoms with van der Waals surface area (Å²) in [5, 5.41) is 13.5. The van der Waals surface area contributed by atoms with Crippen LogP contribution in [-0.4, -0.2) is 38.7 Å². The molecule has 10 nitrogen and oxygen atoms in total. The standard InChI is InChI=1S/C30H28FN7O3/c1-30(2,3)26-17-27(38(37-26)25-9-5-8-22-20(25)7-6-13-33-22)36-29(40)35-23-11-10-18(15-21(23)31)41-19-12-14-34-24(16-19)28(39)32-4/h5-17H,1-4H3,(H,32,39)(H2,35,36,40). The van der Waals surface area contributed by atoms with Gasteiger partial charge in [-0.1, -0.05) is 26.8 Å². The van der Waals surface area contributed by atoms with Crippen molar-refractivity contribution in [1.29, 1.82) is 0 Å². The number of pyridine rings is 2. The van der Waals surface area contributed by atoms with Crippen molar-refractivity contribution in [2.45, 2.75) is 26.2 Å². The molecule has 0 fully saturated rings. The molecular formula is C30H28FN7O3. The van der Waals surface area contributed by atoms with Gasteiger partial charge in [-0.15, -0.1) is 0 Å². The highest BCUT2D eigenvalue weighted by atomic mass is 19.1. The summed E-state index contributed by atoms with van der Waals surface area (Å²) in [7, 11) is 1.49. The number of ether oxygens (including phenoxy) is 1. The van der Waals surface area contributed by atoms with E-state index in [0.29, 0.717) is 11.6 Å². The average molecular weight is 554 g/mol. The van der Waals surface area contributed by atoms with Gasteiger partial charge in [0.2, 0.25) is 0 Å². The number of carbonyl (C=O) groups excluding carboxylic acids is 2. The first-order valence-corrected chi connectivity index (χ1v) is 12.8. The lowest BCUT2D eigenvalue weighted by molar-refractivity contribution is 0.0957. The molecule has 0 saturated heterocycles. The van der Waals surface area contributed by atoms with Crippen molar-refractivity contribution in [2.75, 3.05) is 17.7 Å². The number of hydrogen-bond donors (Lipinski definition) is 3. The van der Waals surface area contributed by atoms with E-state index in [9.17, 15) is 14.0 Å². The predicted octanol–water partition coefficient (Wildman–Crippen LogP) is 6.05. The number of fused-ring (bicyclic) bond motifs is 1. The molecule has 3 heterocycles. The Labute approximate surface area is 235 Å². The summed E-state index contributed by atoms with van der Waals surface area (Å²) < 4.78 is 22.3. The maximum Gasteiger partial charge on any atom is 0.324 e. The zero-order valence-corrected chi connectivity index (χ0v) is 22.9. The molecule has 11 heteroatoms. The lowest BCUT2D eigenvalue weighted by atomic mass is 9.92. The number of nitrogens with one attached hydrogen (secondary N) is 3. The van der Waals surface area contributed by atoms with Crippen molar-refractivity contribution in [3.8, 4) is 17.2 Å². The number of anilines is 2. The summed E-state index contributed by atoms with van der Waals surface area (Å²) in [4.78, 5) is 33.2. The summed E-state index contributed by atoms with van der Waals surface area (Å²) >= 11 is 0. The van der Waals surface area contributed by atoms with Crippen LogP contribution in [0, 0.1) is 5.82 Å². The van der Waals surface area contributed by atoms with Crippen LogP contribution in [0.3, 0.4) is 0 Å². The van der Waals surface area contributed by atoms with Crippen LogP contribution in [-0.2, 0) is 5.41 Å². The highest BCUT2D eigenvalue weighted by Gasteiger charge is 2.22. The van der Waals surface area contributed by atoms with E-state index in [1.807, 2.05) is 51.1 Å². The van der Waals surface area contributed by atoms with E-state index in [0.717, 1.165) is 28.4 Å². The quantitative estimate of drug-likeness (QED) is 0.235. The zero-order chi connectivity index (χ0) is 29.1. The molecule has 0 aliphatic carbocycles. The third-order valence-electron chi connectivity index (χ3n) is 6.19. The lowest BCUT2D eigenvalue weighted by Crippen LogP contribution is -2.22. The molecule has 208 valence electrons. The molecule has 0 atom stereocenters. The van der Waals surface area contributed by atoms with Crippen LogP contribution in [0.5, 0.6) is 11.5 Å². The first-order chi connectivity index (χ1) is 19.6. The van der Waals surface area contributed by atoms with E-state index in [2.05, 4.69) is 25.9 Å². The van der Waals surface area contributed by atoms with Crippen molar-refractivity contribution in [3.63, 3.8) is 0 Å². The minimum atomic E-state index is -0.706. The molecule has 0 radical (unpaired) electrons. The van der Waals surface area contributed by atoms with Gasteiger partial charge >= 0.3 is 6.03 Å². The second kappa shape index (κ2) is 11.0. The predicted molar refractivity (Wildman–Crippen MR) is 154 cm³/mol. The van der Waals surface area contributed by atoms with Gasteiger partial charge in [0.25, 0.3) is 5.91 Å². The molecule has 3 amide bonds. The van der Waals surface area contributed by atoms with Crippen molar-refractivity contribution < 1.29 is 18.7 Å². The number of hydrogen-bond acceptors (Lipinski definition) is 6. The Morgan fingerprint density at radius 3 is 2.46 bits per heavy atom. The largest absolute Gasteiger partial charge is 0.457 e. The fourth-order valence-electron chi connectivity index (χ4n) is 4.09. The van der Waals surface area contributed by atoms with Gasteiger partial charge in [0, 0.05) is 48.4 Å². The molecule has 3 aromatic heterocycles. The second-order valence-corrected chi connectivity index (χ2v) is 10.2. The van der Waals surface area contributed by atoms with E-state index in [1.165, 1.54) is 31.4 Å². The molecule has 0 bridgehead atoms. The van der Waals surface area contributed by atoms with Crippen LogP contribution in [0.15, 0.2) is 79.1 Å². The lowest BCUT2D eigenvalue weighted by Gasteiger charge is -2.14. The molecule has 5 aromatic rings. The highest BCUT2D eigenvalue weighted by molar-refractivity contribution is 6.00. The molecular weight excluding hydrogens is 525 g/mol. The highest BCUT2D eigenvalue weighted by Crippen LogP contribution is 2.30. The Bertz CT molecular complexity index is 1760. The van der Waals surface area contributed by atoms with Crippen LogP contribution in [0.1, 0.15) is 37.0 Å². The van der Waals surface area contributed by atoms with Crippen molar-refractivity contribution in [3.05, 3.63) is 96.3 Å². The number of rotatable bonds is 6. The number of carbonyl (C=O) groups is 2. The number of halogens is 1. The van der Waals surface area contributed by atoms with Gasteiger partial charge in [0.1, 0.15) is 28.8 Å². The van der Waals surface area contributed by atoms with Gasteiger partial charge in [-0.25, -0.2) is 13.9 Å². The van der Waals surface area contributed by atoms with E-state index in [-0.39, 0.29) is 28.5 Å². The maximum atomic E-state index is 15.0. The van der Waals surface area contributed by atoms with E-state index in [4.69, 9.17) is 9.84 Å². The summed E-state index contributed by atoms with van der Waals surface area (Å²) in [6.07, 6.45) is 3.13. The van der Waals surface area contributed by atoms with Gasteiger partial charge in [-0.3, -0.25) is 20.1 Å². The smallest absolute Gasteiger partial charge is 0.324 e. The SMILES string of the molecule is CNC(=O)c1cc(Oc2ccc(NC(=O)Nc3cc(C(C)(C)C)nn3-c3cccc4ncccc34)c(F)c2)ccn1. The van der Waals surface area contributed by atoms with Gasteiger partial charge in [0.15, 0.2) is 0 Å². The van der Waals surface area contributed by atoms with Gasteiger partial charge in [0.05, 0.1) is 22.6 Å². The minimum Gasteiger partial charge on any atom is -0.457 e. The molecule has 0 saturated carbocycles. The first kappa shape index (κ1) is 27.3. The number of urea groups is 1. The Morgan fingerprint density at radius 1 is 0.902 bits per heavy atom. The number of aromatic nitrogens is 4. The normalized spacial score (nSPS) is 11.2. The van der Waals surface area contributed by atoms with Crippen LogP contribution in [0.4, 0.5) is 20.7 Å². The third kappa shape index (κ3) is 5.98. The molecule has 0 unspecified atom stereocenters. The maximum absolute atomic E-state index is 15.0. The molecule has 5 rings (SSSR count). The van der Waals surface area contributed by atoms with Gasteiger partial charge in [-0.05, 0) is 42.5 Å². The average Bonchev–Trinajstić information content (AvgIpc) is 3.38. The zero-order valence-electron chi connectivity index (χ0n) is 22.9. The first-order valence-electron chi connectivity index (χ1n) is 12.8. The third-order valence-corrected chi connectivity index (χ3v) is 6.19. The fraction of sp³-hybridized carbons (Fsp3) is 0.167. The summed E-state index contributed by atoms with van der Waals surface area (Å²) in [6.45, 7) is 6.08. The molecule has 3 N–H and O–H groups in total. The van der Waals surface area contributed by atoms with Crippen molar-refractivity contribution in [2.24, 2.45) is 0 Å². The van der Waals surface area contributed by atoms with Crippen LogP contribution < -0.4 is 20.7 Å². The van der Waals surface area contributed by atoms with Crippen LogP contribution >= 0.6 is 0 Å². The number of amides is 3. The van der Waals surface area contributed by atoms with E-state index < -0.39 is 11.8 Å². The Balaban J connectivity index is 1.37. The van der Waals surface area contributed by atoms with Gasteiger partial charge < -0.3 is 15.4 Å². The molecule has 41 heavy (non-hydrogen) atoms.